The first-order valence-corrected chi connectivity index (χ1v) is 10.9. The van der Waals surface area contributed by atoms with Crippen LogP contribution in [0.3, 0.4) is 0 Å². The first-order chi connectivity index (χ1) is 17.4. The molecular weight excluding hydrogens is 496 g/mol. The maximum absolute atomic E-state index is 13.7. The number of anilines is 1. The number of aliphatic carboxylic acids is 1. The van der Waals surface area contributed by atoms with Crippen molar-refractivity contribution in [2.24, 2.45) is 0 Å². The summed E-state index contributed by atoms with van der Waals surface area (Å²) in [5.74, 6) is -3.66. The summed E-state index contributed by atoms with van der Waals surface area (Å²) in [7, 11) is 0. The van der Waals surface area contributed by atoms with Crippen LogP contribution in [0.15, 0.2) is 42.6 Å². The van der Waals surface area contributed by atoms with Gasteiger partial charge in [-0.3, -0.25) is 14.6 Å². The van der Waals surface area contributed by atoms with Gasteiger partial charge in [-0.1, -0.05) is 6.07 Å². The summed E-state index contributed by atoms with van der Waals surface area (Å²) in [5.41, 5.74) is 4.96. The number of nitrogens with zero attached hydrogens (tertiary/aromatic N) is 1. The third kappa shape index (κ3) is 6.60. The van der Waals surface area contributed by atoms with E-state index in [1.165, 1.54) is 18.2 Å². The van der Waals surface area contributed by atoms with Crippen molar-refractivity contribution in [3.05, 3.63) is 82.2 Å². The highest BCUT2D eigenvalue weighted by Crippen LogP contribution is 2.34. The molecule has 3 heterocycles. The van der Waals surface area contributed by atoms with E-state index in [-0.39, 0.29) is 11.8 Å². The Balaban J connectivity index is 0.000000479. The highest BCUT2D eigenvalue weighted by molar-refractivity contribution is 6.34. The van der Waals surface area contributed by atoms with E-state index in [4.69, 9.17) is 9.90 Å². The molecule has 194 valence electrons. The Morgan fingerprint density at radius 2 is 1.86 bits per heavy atom. The van der Waals surface area contributed by atoms with E-state index >= 15 is 0 Å². The number of aryl methyl sites for hydroxylation is 1. The number of hydrogen-bond acceptors (Lipinski definition) is 4. The van der Waals surface area contributed by atoms with E-state index in [1.807, 2.05) is 32.0 Å². The van der Waals surface area contributed by atoms with Crippen molar-refractivity contribution in [2.75, 3.05) is 11.9 Å². The third-order valence-electron chi connectivity index (χ3n) is 5.39. The van der Waals surface area contributed by atoms with Gasteiger partial charge in [-0.25, -0.2) is 9.18 Å². The topological polar surface area (TPSA) is 124 Å². The molecule has 12 heteroatoms. The van der Waals surface area contributed by atoms with Gasteiger partial charge in [0.2, 0.25) is 0 Å². The Morgan fingerprint density at radius 3 is 2.49 bits per heavy atom. The summed E-state index contributed by atoms with van der Waals surface area (Å²) in [5, 5.41) is 12.8. The van der Waals surface area contributed by atoms with E-state index in [9.17, 15) is 27.2 Å². The predicted octanol–water partition coefficient (Wildman–Crippen LogP) is 4.26. The van der Waals surface area contributed by atoms with Gasteiger partial charge in [0.25, 0.3) is 11.8 Å². The van der Waals surface area contributed by atoms with Gasteiger partial charge in [0.15, 0.2) is 0 Å². The van der Waals surface area contributed by atoms with E-state index in [1.54, 1.807) is 12.3 Å². The van der Waals surface area contributed by atoms with Gasteiger partial charge in [0.05, 0.1) is 11.1 Å². The number of halogens is 4. The fourth-order valence-electron chi connectivity index (χ4n) is 3.65. The Hall–Kier alpha value is -4.48. The van der Waals surface area contributed by atoms with Gasteiger partial charge in [-0.2, -0.15) is 13.2 Å². The van der Waals surface area contributed by atoms with Crippen LogP contribution in [0.1, 0.15) is 38.6 Å². The Bertz CT molecular complexity index is 1370. The van der Waals surface area contributed by atoms with Gasteiger partial charge < -0.3 is 20.7 Å². The van der Waals surface area contributed by atoms with E-state index in [0.29, 0.717) is 46.7 Å². The molecule has 0 radical (unpaired) electrons. The van der Waals surface area contributed by atoms with E-state index in [0.717, 1.165) is 11.3 Å². The first kappa shape index (κ1) is 27.1. The molecule has 0 saturated heterocycles. The molecule has 1 aliphatic rings. The first-order valence-electron chi connectivity index (χ1n) is 10.9. The van der Waals surface area contributed by atoms with Crippen molar-refractivity contribution >= 4 is 35.1 Å². The summed E-state index contributed by atoms with van der Waals surface area (Å²) >= 11 is 0. The summed E-state index contributed by atoms with van der Waals surface area (Å²) in [4.78, 5) is 41.4. The highest BCUT2D eigenvalue weighted by Gasteiger charge is 2.38. The monoisotopic (exact) mass is 518 g/mol. The number of hydrogen-bond donors (Lipinski definition) is 4. The molecule has 3 aromatic rings. The van der Waals surface area contributed by atoms with Gasteiger partial charge in [0, 0.05) is 47.5 Å². The van der Waals surface area contributed by atoms with Crippen LogP contribution in [-0.4, -0.2) is 45.6 Å². The minimum atomic E-state index is -5.08. The fourth-order valence-corrected chi connectivity index (χ4v) is 3.65. The standard InChI is InChI=1S/C23H21FN4O2.C2HF3O2/c1-13-20(12-18-17-11-15(24)6-7-19(17)28-22(18)29)27-14(2)21(13)23(30)26-10-8-16-5-3-4-9-25-16;3-2(4,5)1(6)7/h3-7,9,11-12,27H,8,10H2,1-2H3,(H,26,30)(H,28,29);(H,6,7)/b18-12-;. The predicted molar refractivity (Wildman–Crippen MR) is 127 cm³/mol. The number of carboxylic acid groups (broad SMARTS) is 1. The average molecular weight is 518 g/mol. The van der Waals surface area contributed by atoms with Crippen molar-refractivity contribution in [3.63, 3.8) is 0 Å². The lowest BCUT2D eigenvalue weighted by Gasteiger charge is -2.06. The molecule has 0 spiro atoms. The number of H-pyrrole nitrogens is 1. The summed E-state index contributed by atoms with van der Waals surface area (Å²) in [6.45, 7) is 4.10. The lowest BCUT2D eigenvalue weighted by molar-refractivity contribution is -0.192. The van der Waals surface area contributed by atoms with Crippen LogP contribution in [-0.2, 0) is 16.0 Å². The van der Waals surface area contributed by atoms with E-state index in [2.05, 4.69) is 20.6 Å². The van der Waals surface area contributed by atoms with Crippen LogP contribution >= 0.6 is 0 Å². The molecule has 0 aliphatic carbocycles. The van der Waals surface area contributed by atoms with Crippen LogP contribution < -0.4 is 10.6 Å². The molecule has 8 nitrogen and oxygen atoms in total. The maximum atomic E-state index is 13.7. The number of pyridine rings is 1. The van der Waals surface area contributed by atoms with Crippen molar-refractivity contribution in [2.45, 2.75) is 26.4 Å². The number of aromatic amines is 1. The average Bonchev–Trinajstić information content (AvgIpc) is 3.28. The maximum Gasteiger partial charge on any atom is 0.490 e. The summed E-state index contributed by atoms with van der Waals surface area (Å²) in [6.07, 6.45) is -1.07. The number of carbonyl (C=O) groups excluding carboxylic acids is 2. The lowest BCUT2D eigenvalue weighted by Crippen LogP contribution is -2.26. The summed E-state index contributed by atoms with van der Waals surface area (Å²) < 4.78 is 45.4. The molecule has 2 aromatic heterocycles. The molecule has 1 aromatic carbocycles. The van der Waals surface area contributed by atoms with Gasteiger partial charge in [0.1, 0.15) is 5.82 Å². The zero-order valence-electron chi connectivity index (χ0n) is 19.7. The molecule has 4 rings (SSSR count). The number of carbonyl (C=O) groups is 3. The second-order valence-corrected chi connectivity index (χ2v) is 8.00. The zero-order chi connectivity index (χ0) is 27.3. The van der Waals surface area contributed by atoms with E-state index < -0.39 is 18.0 Å². The third-order valence-corrected chi connectivity index (χ3v) is 5.39. The van der Waals surface area contributed by atoms with Crippen molar-refractivity contribution in [1.29, 1.82) is 0 Å². The molecule has 0 bridgehead atoms. The number of nitrogens with one attached hydrogen (secondary N) is 3. The summed E-state index contributed by atoms with van der Waals surface area (Å²) in [6, 6.07) is 9.85. The Morgan fingerprint density at radius 1 is 1.16 bits per heavy atom. The van der Waals surface area contributed by atoms with Gasteiger partial charge in [-0.05, 0) is 55.8 Å². The number of carboxylic acids is 1. The van der Waals surface area contributed by atoms with Crippen LogP contribution in [0.4, 0.5) is 23.2 Å². The lowest BCUT2D eigenvalue weighted by atomic mass is 10.0. The largest absolute Gasteiger partial charge is 0.490 e. The molecule has 0 saturated carbocycles. The molecule has 0 fully saturated rings. The quantitative estimate of drug-likeness (QED) is 0.297. The molecule has 4 N–H and O–H groups in total. The van der Waals surface area contributed by atoms with Crippen LogP contribution in [0.25, 0.3) is 11.6 Å². The number of aromatic nitrogens is 2. The van der Waals surface area contributed by atoms with Gasteiger partial charge >= 0.3 is 12.1 Å². The number of amides is 2. The fraction of sp³-hybridized carbons (Fsp3) is 0.200. The molecule has 1 aliphatic heterocycles. The molecular formula is C25H22F4N4O4. The molecule has 0 unspecified atom stereocenters. The Labute approximate surface area is 208 Å². The highest BCUT2D eigenvalue weighted by atomic mass is 19.4. The Kier molecular flexibility index (Phi) is 8.11. The van der Waals surface area contributed by atoms with Crippen molar-refractivity contribution in [1.82, 2.24) is 15.3 Å². The smallest absolute Gasteiger partial charge is 0.475 e. The zero-order valence-corrected chi connectivity index (χ0v) is 19.7. The number of fused-ring (bicyclic) bond motifs is 1. The molecule has 37 heavy (non-hydrogen) atoms. The number of benzene rings is 1. The van der Waals surface area contributed by atoms with Crippen LogP contribution in [0, 0.1) is 19.7 Å². The van der Waals surface area contributed by atoms with Crippen LogP contribution in [0.5, 0.6) is 0 Å². The van der Waals surface area contributed by atoms with Crippen LogP contribution in [0.2, 0.25) is 0 Å². The SMILES string of the molecule is Cc1[nH]c(/C=C2\C(=O)Nc3ccc(F)cc32)c(C)c1C(=O)NCCc1ccccn1.O=C(O)C(F)(F)F. The molecule has 2 amide bonds. The van der Waals surface area contributed by atoms with Crippen molar-refractivity contribution < 1.29 is 37.1 Å². The van der Waals surface area contributed by atoms with Crippen molar-refractivity contribution in [3.8, 4) is 0 Å². The minimum Gasteiger partial charge on any atom is -0.475 e. The second-order valence-electron chi connectivity index (χ2n) is 8.00. The molecule has 0 atom stereocenters. The normalized spacial score (nSPS) is 13.5. The second kappa shape index (κ2) is 11.1. The number of rotatable bonds is 5. The number of alkyl halides is 3. The minimum absolute atomic E-state index is 0.191. The van der Waals surface area contributed by atoms with Gasteiger partial charge in [-0.15, -0.1) is 0 Å².